The van der Waals surface area contributed by atoms with Gasteiger partial charge in [-0.15, -0.1) is 0 Å². The summed E-state index contributed by atoms with van der Waals surface area (Å²) in [7, 11) is -4.06. The molecule has 0 radical (unpaired) electrons. The van der Waals surface area contributed by atoms with Crippen molar-refractivity contribution in [1.29, 1.82) is 0 Å². The monoisotopic (exact) mass is 334 g/mol. The van der Waals surface area contributed by atoms with Crippen molar-refractivity contribution in [2.24, 2.45) is 0 Å². The van der Waals surface area contributed by atoms with Crippen LogP contribution in [-0.4, -0.2) is 41.9 Å². The maximum Gasteiger partial charge on any atom is 0.264 e. The van der Waals surface area contributed by atoms with Crippen LogP contribution in [0.5, 0.6) is 0 Å². The third-order valence-corrected chi connectivity index (χ3v) is 3.78. The average molecular weight is 334 g/mol. The molecule has 0 heterocycles. The van der Waals surface area contributed by atoms with E-state index in [1.165, 1.54) is 6.92 Å². The molecule has 0 saturated heterocycles. The maximum absolute atomic E-state index is 11.5. The summed E-state index contributed by atoms with van der Waals surface area (Å²) in [4.78, 5) is 45.0. The van der Waals surface area contributed by atoms with Gasteiger partial charge in [-0.25, -0.2) is 0 Å². The van der Waals surface area contributed by atoms with Gasteiger partial charge in [-0.2, -0.15) is 8.42 Å². The van der Waals surface area contributed by atoms with Gasteiger partial charge in [-0.05, 0) is 13.3 Å². The second-order valence-corrected chi connectivity index (χ2v) is 6.78. The molecule has 0 bridgehead atoms. The Morgan fingerprint density at radius 3 is 1.45 bits per heavy atom. The number of carbonyl (C=O) groups is 4. The van der Waals surface area contributed by atoms with Gasteiger partial charge in [0.05, 0.1) is 5.75 Å². The lowest BCUT2D eigenvalue weighted by Gasteiger charge is -2.01. The van der Waals surface area contributed by atoms with Crippen molar-refractivity contribution >= 4 is 33.3 Å². The zero-order valence-electron chi connectivity index (χ0n) is 12.7. The molecule has 0 aliphatic carbocycles. The Morgan fingerprint density at radius 1 is 0.727 bits per heavy atom. The molecule has 0 spiro atoms. The van der Waals surface area contributed by atoms with Crippen molar-refractivity contribution in [2.45, 2.75) is 58.3 Å². The molecule has 0 aromatic rings. The Bertz CT molecular complexity index is 519. The summed E-state index contributed by atoms with van der Waals surface area (Å²) in [5.41, 5.74) is 0. The third kappa shape index (κ3) is 13.6. The van der Waals surface area contributed by atoms with Crippen LogP contribution in [0.1, 0.15) is 58.3 Å². The average Bonchev–Trinajstić information content (AvgIpc) is 2.39. The van der Waals surface area contributed by atoms with E-state index >= 15 is 0 Å². The molecule has 0 aromatic carbocycles. The van der Waals surface area contributed by atoms with E-state index in [0.29, 0.717) is 0 Å². The molecular formula is C14H22O7S. The maximum atomic E-state index is 11.5. The van der Waals surface area contributed by atoms with Gasteiger partial charge in [-0.3, -0.25) is 18.9 Å². The van der Waals surface area contributed by atoms with Gasteiger partial charge >= 0.3 is 0 Å². The van der Waals surface area contributed by atoms with E-state index in [1.54, 1.807) is 0 Å². The van der Waals surface area contributed by atoms with Crippen molar-refractivity contribution in [3.8, 4) is 0 Å². The molecule has 0 aliphatic rings. The molecule has 1 N–H and O–H groups in total. The summed E-state index contributed by atoms with van der Waals surface area (Å²) in [6, 6.07) is 0. The number of ketones is 4. The van der Waals surface area contributed by atoms with E-state index in [0.717, 1.165) is 0 Å². The number of hydrogen-bond acceptors (Lipinski definition) is 6. The minimum atomic E-state index is -4.06. The van der Waals surface area contributed by atoms with E-state index in [2.05, 4.69) is 0 Å². The predicted octanol–water partition coefficient (Wildman–Crippen LogP) is 1.29. The Balaban J connectivity index is 3.78. The second-order valence-electron chi connectivity index (χ2n) is 5.21. The van der Waals surface area contributed by atoms with Gasteiger partial charge in [0.2, 0.25) is 0 Å². The fourth-order valence-electron chi connectivity index (χ4n) is 1.70. The molecular weight excluding hydrogens is 312 g/mol. The van der Waals surface area contributed by atoms with Gasteiger partial charge in [0.15, 0.2) is 0 Å². The van der Waals surface area contributed by atoms with Gasteiger partial charge in [-0.1, -0.05) is 0 Å². The normalized spacial score (nSPS) is 11.2. The molecule has 0 aromatic heterocycles. The van der Waals surface area contributed by atoms with Gasteiger partial charge < -0.3 is 4.79 Å². The van der Waals surface area contributed by atoms with E-state index in [1.807, 2.05) is 0 Å². The van der Waals surface area contributed by atoms with Crippen LogP contribution in [0.15, 0.2) is 0 Å². The molecule has 8 heteroatoms. The number of Topliss-reactive ketones (excluding diaryl/α,β-unsaturated/α-hetero) is 4. The molecule has 0 atom stereocenters. The highest BCUT2D eigenvalue weighted by Crippen LogP contribution is 2.06. The zero-order valence-corrected chi connectivity index (χ0v) is 13.5. The Morgan fingerprint density at radius 2 is 1.09 bits per heavy atom. The van der Waals surface area contributed by atoms with Crippen LogP contribution >= 0.6 is 0 Å². The highest BCUT2D eigenvalue weighted by atomic mass is 32.2. The van der Waals surface area contributed by atoms with E-state index < -0.39 is 15.9 Å². The lowest BCUT2D eigenvalue weighted by molar-refractivity contribution is -0.126. The fourth-order valence-corrected chi connectivity index (χ4v) is 2.21. The molecule has 7 nitrogen and oxygen atoms in total. The number of hydrogen-bond donors (Lipinski definition) is 1. The molecule has 0 unspecified atom stereocenters. The van der Waals surface area contributed by atoms with Gasteiger partial charge in [0, 0.05) is 44.9 Å². The van der Waals surface area contributed by atoms with Crippen molar-refractivity contribution in [1.82, 2.24) is 0 Å². The van der Waals surface area contributed by atoms with E-state index in [4.69, 9.17) is 4.55 Å². The SMILES string of the molecule is CC(=O)CCC(=O)CCC(=O)CCC(=O)CCCS(=O)(=O)O. The lowest BCUT2D eigenvalue weighted by atomic mass is 10.0. The summed E-state index contributed by atoms with van der Waals surface area (Å²) in [5, 5.41) is 0. The van der Waals surface area contributed by atoms with Crippen molar-refractivity contribution in [3.63, 3.8) is 0 Å². The molecule has 0 rings (SSSR count). The van der Waals surface area contributed by atoms with Crippen molar-refractivity contribution < 1.29 is 32.1 Å². The molecule has 0 amide bonds. The molecule has 126 valence electrons. The molecule has 0 saturated carbocycles. The first kappa shape index (κ1) is 20.6. The number of carbonyl (C=O) groups excluding carboxylic acids is 4. The van der Waals surface area contributed by atoms with Crippen LogP contribution in [0.3, 0.4) is 0 Å². The smallest absolute Gasteiger partial charge is 0.264 e. The Hall–Kier alpha value is -1.41. The Labute approximate surface area is 130 Å². The second kappa shape index (κ2) is 10.3. The van der Waals surface area contributed by atoms with Crippen LogP contribution < -0.4 is 0 Å². The van der Waals surface area contributed by atoms with Gasteiger partial charge in [0.25, 0.3) is 10.1 Å². The molecule has 0 fully saturated rings. The van der Waals surface area contributed by atoms with E-state index in [-0.39, 0.29) is 74.5 Å². The standard InChI is InChI=1S/C14H22O7S/c1-11(15)4-5-13(17)8-9-14(18)7-6-12(16)3-2-10-22(19,20)21/h2-10H2,1H3,(H,19,20,21). The fraction of sp³-hybridized carbons (Fsp3) is 0.714. The summed E-state index contributed by atoms with van der Waals surface area (Å²) in [6.45, 7) is 1.39. The van der Waals surface area contributed by atoms with Crippen LogP contribution in [0, 0.1) is 0 Å². The number of rotatable bonds is 13. The lowest BCUT2D eigenvalue weighted by Crippen LogP contribution is -2.09. The molecule has 0 aliphatic heterocycles. The first-order valence-electron chi connectivity index (χ1n) is 7.10. The minimum absolute atomic E-state index is 0.00590. The van der Waals surface area contributed by atoms with Crippen LogP contribution in [0.25, 0.3) is 0 Å². The first-order valence-corrected chi connectivity index (χ1v) is 8.71. The largest absolute Gasteiger partial charge is 0.300 e. The van der Waals surface area contributed by atoms with Crippen LogP contribution in [-0.2, 0) is 29.3 Å². The third-order valence-electron chi connectivity index (χ3n) is 2.98. The summed E-state index contributed by atoms with van der Waals surface area (Å²) < 4.78 is 29.4. The van der Waals surface area contributed by atoms with Crippen LogP contribution in [0.2, 0.25) is 0 Å². The van der Waals surface area contributed by atoms with Gasteiger partial charge in [0.1, 0.15) is 23.1 Å². The topological polar surface area (TPSA) is 123 Å². The quantitative estimate of drug-likeness (QED) is 0.503. The predicted molar refractivity (Wildman–Crippen MR) is 79.1 cm³/mol. The summed E-state index contributed by atoms with van der Waals surface area (Å²) >= 11 is 0. The minimum Gasteiger partial charge on any atom is -0.300 e. The van der Waals surface area contributed by atoms with Crippen molar-refractivity contribution in [3.05, 3.63) is 0 Å². The zero-order chi connectivity index (χ0) is 17.2. The summed E-state index contributed by atoms with van der Waals surface area (Å²) in [5.74, 6) is -1.16. The van der Waals surface area contributed by atoms with Crippen LogP contribution in [0.4, 0.5) is 0 Å². The Kier molecular flexibility index (Phi) is 9.68. The summed E-state index contributed by atoms with van der Waals surface area (Å²) in [6.07, 6.45) is 0.477. The first-order chi connectivity index (χ1) is 10.1. The van der Waals surface area contributed by atoms with E-state index in [9.17, 15) is 27.6 Å². The highest BCUT2D eigenvalue weighted by molar-refractivity contribution is 7.85. The molecule has 22 heavy (non-hydrogen) atoms. The highest BCUT2D eigenvalue weighted by Gasteiger charge is 2.11. The van der Waals surface area contributed by atoms with Crippen molar-refractivity contribution in [2.75, 3.05) is 5.75 Å².